The molecule has 19 heavy (non-hydrogen) atoms. The van der Waals surface area contributed by atoms with Crippen molar-refractivity contribution in [1.82, 2.24) is 10.2 Å². The van der Waals surface area contributed by atoms with E-state index in [4.69, 9.17) is 10.9 Å². The van der Waals surface area contributed by atoms with Gasteiger partial charge in [-0.25, -0.2) is 0 Å². The molecule has 0 saturated carbocycles. The first-order valence-corrected chi connectivity index (χ1v) is 6.17. The first kappa shape index (κ1) is 13.4. The lowest BCUT2D eigenvalue weighted by molar-refractivity contribution is -0.128. The Morgan fingerprint density at radius 3 is 2.74 bits per heavy atom. The minimum Gasteiger partial charge on any atom is -0.409 e. The molecule has 102 valence electrons. The minimum atomic E-state index is -0.0891. The van der Waals surface area contributed by atoms with Crippen LogP contribution in [-0.4, -0.2) is 41.5 Å². The Hall–Kier alpha value is -2.08. The van der Waals surface area contributed by atoms with E-state index in [9.17, 15) is 4.79 Å². The van der Waals surface area contributed by atoms with Gasteiger partial charge in [0.1, 0.15) is 0 Å². The number of carbonyl (C=O) groups excluding carboxylic acids is 1. The number of nitrogens with zero attached hydrogens (tertiary/aromatic N) is 2. The van der Waals surface area contributed by atoms with Crippen LogP contribution in [0.25, 0.3) is 0 Å². The molecule has 1 aliphatic rings. The van der Waals surface area contributed by atoms with Gasteiger partial charge in [0.25, 0.3) is 0 Å². The number of carbonyl (C=O) groups is 1. The molecule has 1 amide bonds. The molecule has 0 aliphatic carbocycles. The molecular weight excluding hydrogens is 244 g/mol. The standard InChI is InChI=1S/C13H18N4O2/c1-17-7-6-11(13(17)18)15-8-9-2-4-10(5-3-9)12(14)16-19/h2-5,11,15,19H,6-8H2,1H3,(H2,14,16). The summed E-state index contributed by atoms with van der Waals surface area (Å²) in [5.41, 5.74) is 7.21. The summed E-state index contributed by atoms with van der Waals surface area (Å²) in [5.74, 6) is 0.236. The monoisotopic (exact) mass is 262 g/mol. The van der Waals surface area contributed by atoms with Crippen LogP contribution >= 0.6 is 0 Å². The molecule has 2 rings (SSSR count). The molecule has 6 heteroatoms. The Morgan fingerprint density at radius 1 is 1.53 bits per heavy atom. The van der Waals surface area contributed by atoms with Crippen molar-refractivity contribution < 1.29 is 10.0 Å². The zero-order valence-corrected chi connectivity index (χ0v) is 10.8. The highest BCUT2D eigenvalue weighted by atomic mass is 16.4. The van der Waals surface area contributed by atoms with E-state index in [0.717, 1.165) is 18.5 Å². The maximum atomic E-state index is 11.7. The molecule has 1 unspecified atom stereocenters. The molecule has 6 nitrogen and oxygen atoms in total. The van der Waals surface area contributed by atoms with E-state index in [1.165, 1.54) is 0 Å². The fourth-order valence-electron chi connectivity index (χ4n) is 2.10. The van der Waals surface area contributed by atoms with Crippen molar-refractivity contribution in [3.63, 3.8) is 0 Å². The van der Waals surface area contributed by atoms with Gasteiger partial charge in [0.15, 0.2) is 5.84 Å². The highest BCUT2D eigenvalue weighted by Crippen LogP contribution is 2.10. The van der Waals surface area contributed by atoms with Crippen molar-refractivity contribution in [2.45, 2.75) is 19.0 Å². The number of amides is 1. The Morgan fingerprint density at radius 2 is 2.21 bits per heavy atom. The molecule has 1 aromatic carbocycles. The molecule has 0 bridgehead atoms. The minimum absolute atomic E-state index is 0.0891. The van der Waals surface area contributed by atoms with Crippen molar-refractivity contribution in [2.75, 3.05) is 13.6 Å². The largest absolute Gasteiger partial charge is 0.409 e. The molecule has 0 aromatic heterocycles. The number of hydrogen-bond donors (Lipinski definition) is 3. The van der Waals surface area contributed by atoms with Crippen LogP contribution in [0.2, 0.25) is 0 Å². The van der Waals surface area contributed by atoms with Crippen LogP contribution in [0.15, 0.2) is 29.4 Å². The summed E-state index contributed by atoms with van der Waals surface area (Å²) in [6, 6.07) is 7.27. The van der Waals surface area contributed by atoms with Crippen molar-refractivity contribution in [1.29, 1.82) is 0 Å². The molecule has 1 heterocycles. The third kappa shape index (κ3) is 3.03. The Bertz CT molecular complexity index is 484. The van der Waals surface area contributed by atoms with Crippen LogP contribution in [0.3, 0.4) is 0 Å². The number of nitrogens with one attached hydrogen (secondary N) is 1. The van der Waals surface area contributed by atoms with Crippen molar-refractivity contribution in [3.8, 4) is 0 Å². The summed E-state index contributed by atoms with van der Waals surface area (Å²) in [6.45, 7) is 1.43. The highest BCUT2D eigenvalue weighted by Gasteiger charge is 2.28. The molecule has 0 spiro atoms. The van der Waals surface area contributed by atoms with Gasteiger partial charge in [0, 0.05) is 25.7 Å². The average Bonchev–Trinajstić information content (AvgIpc) is 2.76. The Labute approximate surface area is 111 Å². The average molecular weight is 262 g/mol. The van der Waals surface area contributed by atoms with Gasteiger partial charge in [-0.15, -0.1) is 0 Å². The predicted octanol–water partition coefficient (Wildman–Crippen LogP) is 0.101. The fourth-order valence-corrected chi connectivity index (χ4v) is 2.10. The summed E-state index contributed by atoms with van der Waals surface area (Å²) in [5, 5.41) is 14.7. The smallest absolute Gasteiger partial charge is 0.239 e. The summed E-state index contributed by atoms with van der Waals surface area (Å²) < 4.78 is 0. The second-order valence-corrected chi connectivity index (χ2v) is 4.66. The summed E-state index contributed by atoms with van der Waals surface area (Å²) >= 11 is 0. The van der Waals surface area contributed by atoms with Crippen LogP contribution in [0.4, 0.5) is 0 Å². The van der Waals surface area contributed by atoms with Crippen LogP contribution in [0.5, 0.6) is 0 Å². The topological polar surface area (TPSA) is 90.9 Å². The predicted molar refractivity (Wildman–Crippen MR) is 71.8 cm³/mol. The number of benzene rings is 1. The molecule has 0 radical (unpaired) electrons. The number of amidine groups is 1. The lowest BCUT2D eigenvalue weighted by atomic mass is 10.1. The van der Waals surface area contributed by atoms with Gasteiger partial charge in [-0.1, -0.05) is 29.4 Å². The van der Waals surface area contributed by atoms with Crippen LogP contribution in [-0.2, 0) is 11.3 Å². The lowest BCUT2D eigenvalue weighted by Crippen LogP contribution is -2.36. The van der Waals surface area contributed by atoms with Crippen LogP contribution < -0.4 is 11.1 Å². The molecule has 1 aromatic rings. The van der Waals surface area contributed by atoms with Crippen LogP contribution in [0, 0.1) is 0 Å². The number of rotatable bonds is 4. The van der Waals surface area contributed by atoms with Gasteiger partial charge < -0.3 is 21.2 Å². The lowest BCUT2D eigenvalue weighted by Gasteiger charge is -2.12. The first-order valence-electron chi connectivity index (χ1n) is 6.17. The van der Waals surface area contributed by atoms with Gasteiger partial charge in [-0.2, -0.15) is 0 Å². The fraction of sp³-hybridized carbons (Fsp3) is 0.385. The zero-order chi connectivity index (χ0) is 13.8. The first-order chi connectivity index (χ1) is 9.11. The zero-order valence-electron chi connectivity index (χ0n) is 10.8. The Kier molecular flexibility index (Phi) is 4.01. The third-order valence-corrected chi connectivity index (χ3v) is 3.34. The van der Waals surface area contributed by atoms with E-state index < -0.39 is 0 Å². The maximum Gasteiger partial charge on any atom is 0.239 e. The second-order valence-electron chi connectivity index (χ2n) is 4.66. The maximum absolute atomic E-state index is 11.7. The van der Waals surface area contributed by atoms with Gasteiger partial charge in [0.05, 0.1) is 6.04 Å². The molecule has 1 atom stereocenters. The van der Waals surface area contributed by atoms with Gasteiger partial charge >= 0.3 is 0 Å². The molecule has 4 N–H and O–H groups in total. The number of likely N-dealkylation sites (N-methyl/N-ethyl adjacent to an activating group) is 1. The molecule has 1 saturated heterocycles. The number of oxime groups is 1. The third-order valence-electron chi connectivity index (χ3n) is 3.34. The van der Waals surface area contributed by atoms with E-state index in [1.807, 2.05) is 19.2 Å². The summed E-state index contributed by atoms with van der Waals surface area (Å²) in [4.78, 5) is 13.4. The number of likely N-dealkylation sites (tertiary alicyclic amines) is 1. The number of nitrogens with two attached hydrogens (primary N) is 1. The van der Waals surface area contributed by atoms with E-state index >= 15 is 0 Å². The van der Waals surface area contributed by atoms with E-state index in [1.54, 1.807) is 17.0 Å². The van der Waals surface area contributed by atoms with Crippen molar-refractivity contribution in [2.24, 2.45) is 10.9 Å². The molecule has 1 fully saturated rings. The van der Waals surface area contributed by atoms with Crippen molar-refractivity contribution >= 4 is 11.7 Å². The Balaban J connectivity index is 1.92. The normalized spacial score (nSPS) is 20.1. The van der Waals surface area contributed by atoms with Gasteiger partial charge in [0.2, 0.25) is 5.91 Å². The van der Waals surface area contributed by atoms with Gasteiger partial charge in [-0.05, 0) is 12.0 Å². The van der Waals surface area contributed by atoms with Gasteiger partial charge in [-0.3, -0.25) is 4.79 Å². The van der Waals surface area contributed by atoms with E-state index in [-0.39, 0.29) is 17.8 Å². The summed E-state index contributed by atoms with van der Waals surface area (Å²) in [6.07, 6.45) is 0.845. The second kappa shape index (κ2) is 5.71. The summed E-state index contributed by atoms with van der Waals surface area (Å²) in [7, 11) is 1.82. The number of hydrogen-bond acceptors (Lipinski definition) is 4. The molecule has 1 aliphatic heterocycles. The highest BCUT2D eigenvalue weighted by molar-refractivity contribution is 5.96. The molecular formula is C13H18N4O2. The van der Waals surface area contributed by atoms with Crippen molar-refractivity contribution in [3.05, 3.63) is 35.4 Å². The van der Waals surface area contributed by atoms with E-state index in [2.05, 4.69) is 10.5 Å². The quantitative estimate of drug-likeness (QED) is 0.311. The van der Waals surface area contributed by atoms with E-state index in [0.29, 0.717) is 12.1 Å². The SMILES string of the molecule is CN1CCC(NCc2ccc(/C(N)=N/O)cc2)C1=O. The van der Waals surface area contributed by atoms with Crippen LogP contribution in [0.1, 0.15) is 17.5 Å².